The molecule has 0 fully saturated rings. The maximum absolute atomic E-state index is 11.7. The van der Waals surface area contributed by atoms with Crippen molar-refractivity contribution in [2.75, 3.05) is 0 Å². The van der Waals surface area contributed by atoms with E-state index >= 15 is 0 Å². The lowest BCUT2D eigenvalue weighted by molar-refractivity contribution is -0.121. The summed E-state index contributed by atoms with van der Waals surface area (Å²) >= 11 is 0. The summed E-state index contributed by atoms with van der Waals surface area (Å²) in [4.78, 5) is 11.7. The van der Waals surface area contributed by atoms with Crippen LogP contribution in [0.1, 0.15) is 32.3 Å². The third-order valence-corrected chi connectivity index (χ3v) is 4.10. The molecule has 1 heterocycles. The number of fused-ring (bicyclic) bond motifs is 3. The van der Waals surface area contributed by atoms with E-state index in [1.807, 2.05) is 13.8 Å². The molecule has 3 rings (SSSR count). The normalized spacial score (nSPS) is 27.9. The van der Waals surface area contributed by atoms with E-state index in [1.165, 1.54) is 18.2 Å². The number of ether oxygens (including phenoxy) is 1. The zero-order chi connectivity index (χ0) is 13.8. The molecule has 0 saturated heterocycles. The highest BCUT2D eigenvalue weighted by Crippen LogP contribution is 2.51. The minimum atomic E-state index is -1.21. The van der Waals surface area contributed by atoms with Crippen molar-refractivity contribution in [1.29, 1.82) is 0 Å². The number of aliphatic hydroxyl groups is 1. The predicted octanol–water partition coefficient (Wildman–Crippen LogP) is 2.04. The molecule has 0 radical (unpaired) electrons. The molecule has 1 aromatic carbocycles. The summed E-state index contributed by atoms with van der Waals surface area (Å²) in [5, 5.41) is 20.6. The number of aromatic hydroxyl groups is 1. The number of phenols is 1. The summed E-state index contributed by atoms with van der Waals surface area (Å²) in [6.07, 6.45) is 2.12. The Balaban J connectivity index is 2.29. The minimum Gasteiger partial charge on any atom is -0.508 e. The van der Waals surface area contributed by atoms with Crippen LogP contribution >= 0.6 is 0 Å². The Morgan fingerprint density at radius 2 is 2.05 bits per heavy atom. The van der Waals surface area contributed by atoms with Crippen LogP contribution in [-0.2, 0) is 4.79 Å². The second kappa shape index (κ2) is 3.61. The lowest BCUT2D eigenvalue weighted by Gasteiger charge is -2.49. The van der Waals surface area contributed by atoms with Crippen LogP contribution in [0.15, 0.2) is 24.3 Å². The van der Waals surface area contributed by atoms with Crippen LogP contribution in [0.2, 0.25) is 0 Å². The number of benzene rings is 1. The SMILES string of the molecule is CC1(C)Oc2ccc(O)cc2C2=CC(=O)CC[C@@]21O. The Kier molecular flexibility index (Phi) is 2.32. The fourth-order valence-electron chi connectivity index (χ4n) is 2.89. The first-order valence-corrected chi connectivity index (χ1v) is 6.33. The molecule has 2 N–H and O–H groups in total. The van der Waals surface area contributed by atoms with Crippen molar-refractivity contribution >= 4 is 11.4 Å². The smallest absolute Gasteiger partial charge is 0.156 e. The van der Waals surface area contributed by atoms with E-state index in [-0.39, 0.29) is 11.5 Å². The molecular formula is C15H16O4. The molecular weight excluding hydrogens is 244 g/mol. The number of ketones is 1. The van der Waals surface area contributed by atoms with Gasteiger partial charge in [0.1, 0.15) is 22.7 Å². The highest BCUT2D eigenvalue weighted by molar-refractivity contribution is 6.02. The molecule has 4 nitrogen and oxygen atoms in total. The summed E-state index contributed by atoms with van der Waals surface area (Å²) in [7, 11) is 0. The van der Waals surface area contributed by atoms with Gasteiger partial charge in [0.25, 0.3) is 0 Å². The number of carbonyl (C=O) groups excluding carboxylic acids is 1. The van der Waals surface area contributed by atoms with Crippen LogP contribution in [0, 0.1) is 0 Å². The number of rotatable bonds is 0. The van der Waals surface area contributed by atoms with Crippen LogP contribution in [-0.4, -0.2) is 27.2 Å². The first-order valence-electron chi connectivity index (χ1n) is 6.33. The molecule has 4 heteroatoms. The predicted molar refractivity (Wildman–Crippen MR) is 70.0 cm³/mol. The van der Waals surface area contributed by atoms with E-state index in [1.54, 1.807) is 6.07 Å². The number of hydrogen-bond acceptors (Lipinski definition) is 4. The van der Waals surface area contributed by atoms with E-state index in [9.17, 15) is 15.0 Å². The monoisotopic (exact) mass is 260 g/mol. The lowest BCUT2D eigenvalue weighted by Crippen LogP contribution is -2.58. The standard InChI is InChI=1S/C15H16O4/c1-14(2)15(18)6-5-10(17)8-12(15)11-7-9(16)3-4-13(11)19-14/h3-4,7-8,16,18H,5-6H2,1-2H3/t15-/m1/s1. The first kappa shape index (κ1) is 12.2. The fraction of sp³-hybridized carbons (Fsp3) is 0.400. The molecule has 0 bridgehead atoms. The molecule has 2 aliphatic rings. The molecule has 1 aliphatic carbocycles. The van der Waals surface area contributed by atoms with Crippen molar-refractivity contribution in [3.05, 3.63) is 29.8 Å². The van der Waals surface area contributed by atoms with Crippen molar-refractivity contribution in [1.82, 2.24) is 0 Å². The Morgan fingerprint density at radius 3 is 2.79 bits per heavy atom. The van der Waals surface area contributed by atoms with Gasteiger partial charge in [0.2, 0.25) is 0 Å². The van der Waals surface area contributed by atoms with Crippen molar-refractivity contribution < 1.29 is 19.7 Å². The minimum absolute atomic E-state index is 0.00771. The topological polar surface area (TPSA) is 66.8 Å². The van der Waals surface area contributed by atoms with E-state index in [2.05, 4.69) is 0 Å². The van der Waals surface area contributed by atoms with Crippen LogP contribution in [0.25, 0.3) is 5.57 Å². The van der Waals surface area contributed by atoms with E-state index in [0.717, 1.165) is 0 Å². The van der Waals surface area contributed by atoms with Crippen molar-refractivity contribution in [2.24, 2.45) is 0 Å². The van der Waals surface area contributed by atoms with Gasteiger partial charge in [0.05, 0.1) is 0 Å². The molecule has 19 heavy (non-hydrogen) atoms. The van der Waals surface area contributed by atoms with Gasteiger partial charge in [-0.2, -0.15) is 0 Å². The van der Waals surface area contributed by atoms with Crippen molar-refractivity contribution in [3.8, 4) is 11.5 Å². The van der Waals surface area contributed by atoms with Gasteiger partial charge in [-0.05, 0) is 44.5 Å². The molecule has 0 aromatic heterocycles. The highest BCUT2D eigenvalue weighted by Gasteiger charge is 2.54. The average Bonchev–Trinajstić information content (AvgIpc) is 2.33. The van der Waals surface area contributed by atoms with Gasteiger partial charge < -0.3 is 14.9 Å². The van der Waals surface area contributed by atoms with Gasteiger partial charge >= 0.3 is 0 Å². The Labute approximate surface area is 111 Å². The summed E-state index contributed by atoms with van der Waals surface area (Å²) in [6.45, 7) is 3.62. The molecule has 0 amide bonds. The number of phenolic OH excluding ortho intramolecular Hbond substituents is 1. The second-order valence-electron chi connectivity index (χ2n) is 5.68. The maximum atomic E-state index is 11.7. The molecule has 0 spiro atoms. The quantitative estimate of drug-likeness (QED) is 0.749. The molecule has 0 unspecified atom stereocenters. The summed E-state index contributed by atoms with van der Waals surface area (Å²) in [6, 6.07) is 4.72. The lowest BCUT2D eigenvalue weighted by atomic mass is 9.68. The van der Waals surface area contributed by atoms with Crippen LogP contribution in [0.4, 0.5) is 0 Å². The Hall–Kier alpha value is -1.81. The molecule has 1 aliphatic heterocycles. The van der Waals surface area contributed by atoms with Gasteiger partial charge in [-0.15, -0.1) is 0 Å². The number of allylic oxidation sites excluding steroid dienone is 1. The largest absolute Gasteiger partial charge is 0.508 e. The van der Waals surface area contributed by atoms with Crippen LogP contribution in [0.3, 0.4) is 0 Å². The van der Waals surface area contributed by atoms with Crippen molar-refractivity contribution in [3.63, 3.8) is 0 Å². The zero-order valence-electron chi connectivity index (χ0n) is 10.9. The van der Waals surface area contributed by atoms with Gasteiger partial charge in [0.15, 0.2) is 5.78 Å². The first-order chi connectivity index (χ1) is 8.83. The Morgan fingerprint density at radius 1 is 1.32 bits per heavy atom. The van der Waals surface area contributed by atoms with Crippen molar-refractivity contribution in [2.45, 2.75) is 37.9 Å². The van der Waals surface area contributed by atoms with Gasteiger partial charge in [-0.25, -0.2) is 0 Å². The molecule has 1 atom stereocenters. The summed E-state index contributed by atoms with van der Waals surface area (Å²) in [5.41, 5.74) is -0.883. The van der Waals surface area contributed by atoms with Gasteiger partial charge in [-0.1, -0.05) is 0 Å². The molecule has 1 aromatic rings. The summed E-state index contributed by atoms with van der Waals surface area (Å²) in [5.74, 6) is 0.656. The summed E-state index contributed by atoms with van der Waals surface area (Å²) < 4.78 is 5.87. The number of carbonyl (C=O) groups is 1. The average molecular weight is 260 g/mol. The van der Waals surface area contributed by atoms with E-state index in [0.29, 0.717) is 29.7 Å². The van der Waals surface area contributed by atoms with Crippen LogP contribution < -0.4 is 4.74 Å². The van der Waals surface area contributed by atoms with Crippen LogP contribution in [0.5, 0.6) is 11.5 Å². The number of hydrogen-bond donors (Lipinski definition) is 2. The Bertz CT molecular complexity index is 600. The second-order valence-corrected chi connectivity index (χ2v) is 5.68. The highest BCUT2D eigenvalue weighted by atomic mass is 16.5. The third-order valence-electron chi connectivity index (χ3n) is 4.10. The fourth-order valence-corrected chi connectivity index (χ4v) is 2.89. The molecule has 100 valence electrons. The van der Waals surface area contributed by atoms with E-state index < -0.39 is 11.2 Å². The maximum Gasteiger partial charge on any atom is 0.156 e. The van der Waals surface area contributed by atoms with Gasteiger partial charge in [0, 0.05) is 17.6 Å². The zero-order valence-corrected chi connectivity index (χ0v) is 10.9. The third kappa shape index (κ3) is 1.60. The molecule has 0 saturated carbocycles. The van der Waals surface area contributed by atoms with E-state index in [4.69, 9.17) is 4.74 Å². The van der Waals surface area contributed by atoms with Gasteiger partial charge in [-0.3, -0.25) is 4.79 Å².